The van der Waals surface area contributed by atoms with E-state index in [1.54, 1.807) is 4.90 Å². The number of carboxylic acid groups (broad SMARTS) is 1. The molecule has 0 bridgehead atoms. The maximum Gasteiger partial charge on any atom is 0.324 e. The summed E-state index contributed by atoms with van der Waals surface area (Å²) in [7, 11) is 0. The highest BCUT2D eigenvalue weighted by molar-refractivity contribution is 5.80. The van der Waals surface area contributed by atoms with Gasteiger partial charge >= 0.3 is 5.97 Å². The van der Waals surface area contributed by atoms with Gasteiger partial charge < -0.3 is 5.11 Å². The van der Waals surface area contributed by atoms with Crippen molar-refractivity contribution in [2.45, 2.75) is 84.1 Å². The van der Waals surface area contributed by atoms with Crippen molar-refractivity contribution >= 4 is 5.97 Å². The second-order valence-corrected chi connectivity index (χ2v) is 8.76. The van der Waals surface area contributed by atoms with Gasteiger partial charge in [-0.3, -0.25) is 9.69 Å². The molecule has 0 radical (unpaired) electrons. The van der Waals surface area contributed by atoms with Gasteiger partial charge in [0.1, 0.15) is 5.54 Å². The van der Waals surface area contributed by atoms with E-state index in [1.165, 1.54) is 0 Å². The minimum atomic E-state index is -2.79. The predicted octanol–water partition coefficient (Wildman–Crippen LogP) is 4.80. The minimum Gasteiger partial charge on any atom is -0.480 e. The van der Waals surface area contributed by atoms with Gasteiger partial charge in [0.05, 0.1) is 6.54 Å². The van der Waals surface area contributed by atoms with E-state index in [9.17, 15) is 18.7 Å². The van der Waals surface area contributed by atoms with Gasteiger partial charge in [-0.15, -0.1) is 0 Å². The molecule has 0 aromatic carbocycles. The molecule has 0 spiro atoms. The third kappa shape index (κ3) is 3.33. The molecule has 1 aliphatic heterocycles. The van der Waals surface area contributed by atoms with Crippen molar-refractivity contribution in [3.05, 3.63) is 0 Å². The van der Waals surface area contributed by atoms with Crippen molar-refractivity contribution in [2.24, 2.45) is 17.3 Å². The average Bonchev–Trinajstić information content (AvgIpc) is 2.95. The molecule has 2 fully saturated rings. The van der Waals surface area contributed by atoms with E-state index in [2.05, 4.69) is 0 Å². The Labute approximate surface area is 144 Å². The largest absolute Gasteiger partial charge is 0.480 e. The Morgan fingerprint density at radius 3 is 2.25 bits per heavy atom. The standard InChI is InChI=1S/C19H33F2NO2/c1-5-15(14-9-6-7-10-14)19(16(23)24,17(2,3)4)22-12-8-11-18(20,21)13-22/h14-15H,5-13H2,1-4H3,(H,23,24). The molecule has 5 heteroatoms. The molecule has 2 aliphatic rings. The Bertz CT molecular complexity index is 455. The number of hydrogen-bond donors (Lipinski definition) is 1. The summed E-state index contributed by atoms with van der Waals surface area (Å²) in [6.07, 6.45) is 5.23. The van der Waals surface area contributed by atoms with Crippen LogP contribution in [0.5, 0.6) is 0 Å². The number of nitrogens with zero attached hydrogens (tertiary/aromatic N) is 1. The molecule has 1 N–H and O–H groups in total. The summed E-state index contributed by atoms with van der Waals surface area (Å²) in [4.78, 5) is 14.3. The Kier molecular flexibility index (Phi) is 5.63. The van der Waals surface area contributed by atoms with Gasteiger partial charge in [-0.1, -0.05) is 59.8 Å². The van der Waals surface area contributed by atoms with Crippen LogP contribution in [-0.2, 0) is 4.79 Å². The lowest BCUT2D eigenvalue weighted by molar-refractivity contribution is -0.186. The number of piperidine rings is 1. The van der Waals surface area contributed by atoms with Crippen molar-refractivity contribution in [3.8, 4) is 0 Å². The number of rotatable bonds is 5. The molecule has 0 aromatic rings. The summed E-state index contributed by atoms with van der Waals surface area (Å²) in [6, 6.07) is 0. The number of alkyl halides is 2. The van der Waals surface area contributed by atoms with E-state index >= 15 is 0 Å². The van der Waals surface area contributed by atoms with Gasteiger partial charge in [-0.25, -0.2) is 8.78 Å². The first-order chi connectivity index (χ1) is 11.1. The molecule has 0 amide bonds. The lowest BCUT2D eigenvalue weighted by atomic mass is 9.59. The number of likely N-dealkylation sites (tertiary alicyclic amines) is 1. The maximum atomic E-state index is 14.1. The maximum absolute atomic E-state index is 14.1. The fourth-order valence-corrected chi connectivity index (χ4v) is 5.48. The van der Waals surface area contributed by atoms with Crippen molar-refractivity contribution in [3.63, 3.8) is 0 Å². The highest BCUT2D eigenvalue weighted by atomic mass is 19.3. The van der Waals surface area contributed by atoms with E-state index in [1.807, 2.05) is 27.7 Å². The van der Waals surface area contributed by atoms with Crippen LogP contribution in [0.15, 0.2) is 0 Å². The molecule has 24 heavy (non-hydrogen) atoms. The molecule has 2 unspecified atom stereocenters. The van der Waals surface area contributed by atoms with Crippen molar-refractivity contribution in [1.29, 1.82) is 0 Å². The normalized spacial score (nSPS) is 26.9. The topological polar surface area (TPSA) is 40.5 Å². The number of carbonyl (C=O) groups is 1. The van der Waals surface area contributed by atoms with E-state index in [4.69, 9.17) is 0 Å². The third-order valence-corrected chi connectivity index (χ3v) is 6.31. The first kappa shape index (κ1) is 19.6. The second kappa shape index (κ2) is 6.89. The second-order valence-electron chi connectivity index (χ2n) is 8.76. The van der Waals surface area contributed by atoms with Gasteiger partial charge in [0.25, 0.3) is 5.92 Å². The molecule has 1 saturated heterocycles. The van der Waals surface area contributed by atoms with Crippen LogP contribution in [0, 0.1) is 17.3 Å². The molecule has 1 heterocycles. The molecule has 140 valence electrons. The predicted molar refractivity (Wildman–Crippen MR) is 91.3 cm³/mol. The zero-order chi connectivity index (χ0) is 18.2. The number of hydrogen-bond acceptors (Lipinski definition) is 2. The Hall–Kier alpha value is -0.710. The minimum absolute atomic E-state index is 0.0913. The fraction of sp³-hybridized carbons (Fsp3) is 0.947. The van der Waals surface area contributed by atoms with Crippen LogP contribution in [0.3, 0.4) is 0 Å². The Morgan fingerprint density at radius 2 is 1.83 bits per heavy atom. The third-order valence-electron chi connectivity index (χ3n) is 6.31. The summed E-state index contributed by atoms with van der Waals surface area (Å²) in [6.45, 7) is 7.76. The highest BCUT2D eigenvalue weighted by Gasteiger charge is 2.61. The van der Waals surface area contributed by atoms with Gasteiger partial charge in [-0.2, -0.15) is 0 Å². The molecule has 3 nitrogen and oxygen atoms in total. The Morgan fingerprint density at radius 1 is 1.25 bits per heavy atom. The van der Waals surface area contributed by atoms with E-state index < -0.39 is 29.4 Å². The molecular formula is C19H33F2NO2. The quantitative estimate of drug-likeness (QED) is 0.778. The van der Waals surface area contributed by atoms with Crippen LogP contribution < -0.4 is 0 Å². The van der Waals surface area contributed by atoms with Crippen LogP contribution in [0.25, 0.3) is 0 Å². The number of carboxylic acids is 1. The van der Waals surface area contributed by atoms with Gasteiger partial charge in [0.2, 0.25) is 0 Å². The monoisotopic (exact) mass is 345 g/mol. The zero-order valence-electron chi connectivity index (χ0n) is 15.6. The summed E-state index contributed by atoms with van der Waals surface area (Å²) >= 11 is 0. The fourth-order valence-electron chi connectivity index (χ4n) is 5.48. The molecule has 1 saturated carbocycles. The first-order valence-corrected chi connectivity index (χ1v) is 9.42. The van der Waals surface area contributed by atoms with Crippen LogP contribution in [0.2, 0.25) is 0 Å². The molecular weight excluding hydrogens is 312 g/mol. The lowest BCUT2D eigenvalue weighted by Gasteiger charge is -2.56. The van der Waals surface area contributed by atoms with Gasteiger partial charge in [0.15, 0.2) is 0 Å². The molecule has 2 rings (SSSR count). The van der Waals surface area contributed by atoms with Crippen molar-refractivity contribution in [1.82, 2.24) is 4.90 Å². The smallest absolute Gasteiger partial charge is 0.324 e. The van der Waals surface area contributed by atoms with Crippen LogP contribution in [-0.4, -0.2) is 40.5 Å². The summed E-state index contributed by atoms with van der Waals surface area (Å²) in [5.74, 6) is -3.49. The summed E-state index contributed by atoms with van der Waals surface area (Å²) in [5, 5.41) is 10.4. The van der Waals surface area contributed by atoms with Crippen molar-refractivity contribution < 1.29 is 18.7 Å². The number of aliphatic carboxylic acids is 1. The SMILES string of the molecule is CCC(C1CCCC1)C(C(=O)O)(N1CCCC(F)(F)C1)C(C)(C)C. The number of halogens is 2. The zero-order valence-corrected chi connectivity index (χ0v) is 15.6. The Balaban J connectivity index is 2.52. The summed E-state index contributed by atoms with van der Waals surface area (Å²) < 4.78 is 28.3. The average molecular weight is 345 g/mol. The van der Waals surface area contributed by atoms with Crippen LogP contribution in [0.4, 0.5) is 8.78 Å². The molecule has 1 aliphatic carbocycles. The molecule has 2 atom stereocenters. The van der Waals surface area contributed by atoms with Gasteiger partial charge in [0, 0.05) is 6.42 Å². The van der Waals surface area contributed by atoms with E-state index in [0.717, 1.165) is 32.1 Å². The summed E-state index contributed by atoms with van der Waals surface area (Å²) in [5.41, 5.74) is -1.85. The first-order valence-electron chi connectivity index (χ1n) is 9.42. The van der Waals surface area contributed by atoms with E-state index in [0.29, 0.717) is 18.9 Å². The lowest BCUT2D eigenvalue weighted by Crippen LogP contribution is -2.70. The van der Waals surface area contributed by atoms with Crippen LogP contribution >= 0.6 is 0 Å². The highest BCUT2D eigenvalue weighted by Crippen LogP contribution is 2.51. The van der Waals surface area contributed by atoms with E-state index in [-0.39, 0.29) is 12.3 Å². The van der Waals surface area contributed by atoms with Gasteiger partial charge in [-0.05, 0) is 30.2 Å². The molecule has 0 aromatic heterocycles. The van der Waals surface area contributed by atoms with Crippen molar-refractivity contribution in [2.75, 3.05) is 13.1 Å². The van der Waals surface area contributed by atoms with Crippen LogP contribution in [0.1, 0.15) is 72.6 Å².